The third-order valence-corrected chi connectivity index (χ3v) is 4.25. The molecule has 3 atom stereocenters. The lowest BCUT2D eigenvalue weighted by Gasteiger charge is -2.36. The van der Waals surface area contributed by atoms with Crippen LogP contribution in [0.5, 0.6) is 0 Å². The molecule has 2 saturated heterocycles. The second-order valence-corrected chi connectivity index (χ2v) is 6.28. The number of nitrogens with one attached hydrogen (secondary N) is 2. The number of hydrogen-bond donors (Lipinski definition) is 3. The quantitative estimate of drug-likeness (QED) is 0.698. The van der Waals surface area contributed by atoms with E-state index in [9.17, 15) is 0 Å². The Kier molecular flexibility index (Phi) is 5.58. The van der Waals surface area contributed by atoms with E-state index in [0.717, 1.165) is 26.1 Å². The van der Waals surface area contributed by atoms with Gasteiger partial charge in [0.2, 0.25) is 11.9 Å². The Balaban J connectivity index is 1.65. The first-order chi connectivity index (χ1) is 11.2. The SMILES string of the molecule is CC1CN(c2ncnc(NC3CCCNC3)n2)CC(CCO)O1. The molecular formula is C15H26N6O2. The number of aromatic nitrogens is 3. The Hall–Kier alpha value is -1.51. The number of piperidine rings is 1. The van der Waals surface area contributed by atoms with Crippen molar-refractivity contribution in [3.63, 3.8) is 0 Å². The highest BCUT2D eigenvalue weighted by molar-refractivity contribution is 5.37. The first kappa shape index (κ1) is 16.4. The molecule has 1 aromatic rings. The van der Waals surface area contributed by atoms with Crippen molar-refractivity contribution in [2.75, 3.05) is 43.0 Å². The normalized spacial score (nSPS) is 28.6. The molecule has 2 aliphatic rings. The van der Waals surface area contributed by atoms with Gasteiger partial charge < -0.3 is 25.4 Å². The molecule has 3 rings (SSSR count). The minimum atomic E-state index is 0.0134. The van der Waals surface area contributed by atoms with Crippen LogP contribution in [-0.4, -0.2) is 71.1 Å². The lowest BCUT2D eigenvalue weighted by atomic mass is 10.1. The standard InChI is InChI=1S/C15H26N6O2/c1-11-8-21(9-13(23-11)4-6-22)15-18-10-17-14(20-15)19-12-3-2-5-16-7-12/h10-13,16,22H,2-9H2,1H3,(H,17,18,19,20). The number of nitrogens with zero attached hydrogens (tertiary/aromatic N) is 4. The van der Waals surface area contributed by atoms with E-state index in [2.05, 4.69) is 30.5 Å². The van der Waals surface area contributed by atoms with Crippen molar-refractivity contribution in [3.8, 4) is 0 Å². The van der Waals surface area contributed by atoms with Gasteiger partial charge in [0.05, 0.1) is 12.2 Å². The summed E-state index contributed by atoms with van der Waals surface area (Å²) >= 11 is 0. The van der Waals surface area contributed by atoms with E-state index in [1.807, 2.05) is 6.92 Å². The predicted octanol–water partition coefficient (Wildman–Crippen LogP) is 0.0116. The average Bonchev–Trinajstić information content (AvgIpc) is 2.56. The van der Waals surface area contributed by atoms with Crippen LogP contribution in [0.3, 0.4) is 0 Å². The van der Waals surface area contributed by atoms with Crippen LogP contribution >= 0.6 is 0 Å². The molecule has 23 heavy (non-hydrogen) atoms. The number of rotatable bonds is 5. The molecule has 3 N–H and O–H groups in total. The summed E-state index contributed by atoms with van der Waals surface area (Å²) in [5.41, 5.74) is 0. The van der Waals surface area contributed by atoms with E-state index in [-0.39, 0.29) is 18.8 Å². The first-order valence-electron chi connectivity index (χ1n) is 8.42. The van der Waals surface area contributed by atoms with Gasteiger partial charge in [0.15, 0.2) is 0 Å². The van der Waals surface area contributed by atoms with Crippen LogP contribution in [0.25, 0.3) is 0 Å². The van der Waals surface area contributed by atoms with Crippen molar-refractivity contribution in [3.05, 3.63) is 6.33 Å². The fraction of sp³-hybridized carbons (Fsp3) is 0.800. The molecule has 0 bridgehead atoms. The Morgan fingerprint density at radius 2 is 2.35 bits per heavy atom. The molecular weight excluding hydrogens is 296 g/mol. The van der Waals surface area contributed by atoms with Gasteiger partial charge in [-0.25, -0.2) is 9.97 Å². The number of anilines is 2. The average molecular weight is 322 g/mol. The molecule has 2 aliphatic heterocycles. The molecule has 0 spiro atoms. The fourth-order valence-electron chi connectivity index (χ4n) is 3.18. The van der Waals surface area contributed by atoms with Crippen molar-refractivity contribution in [1.29, 1.82) is 0 Å². The fourth-order valence-corrected chi connectivity index (χ4v) is 3.18. The summed E-state index contributed by atoms with van der Waals surface area (Å²) in [6.07, 6.45) is 4.59. The van der Waals surface area contributed by atoms with E-state index in [1.54, 1.807) is 6.33 Å². The maximum absolute atomic E-state index is 9.13. The van der Waals surface area contributed by atoms with Crippen LogP contribution in [0.4, 0.5) is 11.9 Å². The topological polar surface area (TPSA) is 95.4 Å². The second-order valence-electron chi connectivity index (χ2n) is 6.28. The van der Waals surface area contributed by atoms with Crippen molar-refractivity contribution < 1.29 is 9.84 Å². The number of morpholine rings is 1. The number of ether oxygens (including phenoxy) is 1. The van der Waals surface area contributed by atoms with Crippen LogP contribution in [0, 0.1) is 0 Å². The van der Waals surface area contributed by atoms with Crippen molar-refractivity contribution in [2.24, 2.45) is 0 Å². The van der Waals surface area contributed by atoms with Gasteiger partial charge in [-0.2, -0.15) is 4.98 Å². The molecule has 0 amide bonds. The van der Waals surface area contributed by atoms with Gasteiger partial charge in [-0.3, -0.25) is 0 Å². The summed E-state index contributed by atoms with van der Waals surface area (Å²) in [5, 5.41) is 15.9. The van der Waals surface area contributed by atoms with Crippen LogP contribution in [0.2, 0.25) is 0 Å². The van der Waals surface area contributed by atoms with E-state index in [1.165, 1.54) is 6.42 Å². The molecule has 128 valence electrons. The number of aliphatic hydroxyl groups is 1. The third-order valence-electron chi connectivity index (χ3n) is 4.25. The zero-order valence-corrected chi connectivity index (χ0v) is 13.6. The van der Waals surface area contributed by atoms with Crippen LogP contribution in [0.1, 0.15) is 26.2 Å². The van der Waals surface area contributed by atoms with Gasteiger partial charge in [0.25, 0.3) is 0 Å². The van der Waals surface area contributed by atoms with E-state index < -0.39 is 0 Å². The van der Waals surface area contributed by atoms with Gasteiger partial charge in [0, 0.05) is 32.3 Å². The monoisotopic (exact) mass is 322 g/mol. The largest absolute Gasteiger partial charge is 0.396 e. The van der Waals surface area contributed by atoms with Gasteiger partial charge >= 0.3 is 0 Å². The molecule has 0 aromatic carbocycles. The second kappa shape index (κ2) is 7.85. The summed E-state index contributed by atoms with van der Waals surface area (Å²) in [4.78, 5) is 15.2. The Labute approximate surface area is 136 Å². The third kappa shape index (κ3) is 4.49. The maximum Gasteiger partial charge on any atom is 0.230 e. The minimum absolute atomic E-state index is 0.0134. The van der Waals surface area contributed by atoms with Gasteiger partial charge in [0.1, 0.15) is 6.33 Å². The highest BCUT2D eigenvalue weighted by Crippen LogP contribution is 2.19. The number of hydrogen-bond acceptors (Lipinski definition) is 8. The summed E-state index contributed by atoms with van der Waals surface area (Å²) in [6.45, 7) is 5.62. The summed E-state index contributed by atoms with van der Waals surface area (Å²) in [6, 6.07) is 0.366. The highest BCUT2D eigenvalue weighted by Gasteiger charge is 2.27. The van der Waals surface area contributed by atoms with Crippen molar-refractivity contribution in [2.45, 2.75) is 44.4 Å². The van der Waals surface area contributed by atoms with Crippen molar-refractivity contribution >= 4 is 11.9 Å². The van der Waals surface area contributed by atoms with Gasteiger partial charge in [-0.15, -0.1) is 0 Å². The summed E-state index contributed by atoms with van der Waals surface area (Å²) in [7, 11) is 0. The summed E-state index contributed by atoms with van der Waals surface area (Å²) in [5.74, 6) is 1.30. The van der Waals surface area contributed by atoms with Gasteiger partial charge in [-0.1, -0.05) is 0 Å². The van der Waals surface area contributed by atoms with E-state index >= 15 is 0 Å². The Morgan fingerprint density at radius 1 is 1.43 bits per heavy atom. The van der Waals surface area contributed by atoms with Crippen LogP contribution in [-0.2, 0) is 4.74 Å². The molecule has 2 fully saturated rings. The molecule has 0 aliphatic carbocycles. The number of aliphatic hydroxyl groups excluding tert-OH is 1. The Morgan fingerprint density at radius 3 is 3.13 bits per heavy atom. The van der Waals surface area contributed by atoms with E-state index in [0.29, 0.717) is 30.9 Å². The van der Waals surface area contributed by atoms with E-state index in [4.69, 9.17) is 9.84 Å². The zero-order chi connectivity index (χ0) is 16.1. The predicted molar refractivity (Wildman–Crippen MR) is 87.6 cm³/mol. The maximum atomic E-state index is 9.13. The smallest absolute Gasteiger partial charge is 0.230 e. The van der Waals surface area contributed by atoms with Crippen LogP contribution in [0.15, 0.2) is 6.33 Å². The molecule has 3 heterocycles. The molecule has 8 nitrogen and oxygen atoms in total. The Bertz CT molecular complexity index is 497. The lowest BCUT2D eigenvalue weighted by molar-refractivity contribution is -0.0268. The molecule has 3 unspecified atom stereocenters. The zero-order valence-electron chi connectivity index (χ0n) is 13.6. The molecule has 1 aromatic heterocycles. The van der Waals surface area contributed by atoms with Crippen molar-refractivity contribution in [1.82, 2.24) is 20.3 Å². The highest BCUT2D eigenvalue weighted by atomic mass is 16.5. The molecule has 0 radical (unpaired) electrons. The molecule has 8 heteroatoms. The first-order valence-corrected chi connectivity index (χ1v) is 8.42. The minimum Gasteiger partial charge on any atom is -0.396 e. The van der Waals surface area contributed by atoms with Gasteiger partial charge in [-0.05, 0) is 32.7 Å². The van der Waals surface area contributed by atoms with Crippen LogP contribution < -0.4 is 15.5 Å². The summed E-state index contributed by atoms with van der Waals surface area (Å²) < 4.78 is 5.83. The lowest BCUT2D eigenvalue weighted by Crippen LogP contribution is -2.47. The molecule has 0 saturated carbocycles.